The molecule has 7 heteroatoms. The van der Waals surface area contributed by atoms with Crippen molar-refractivity contribution in [3.63, 3.8) is 0 Å². The first kappa shape index (κ1) is 25.0. The Hall–Kier alpha value is -2.24. The fourth-order valence-electron chi connectivity index (χ4n) is 3.12. The van der Waals surface area contributed by atoms with Gasteiger partial charge in [-0.15, -0.1) is 0 Å². The van der Waals surface area contributed by atoms with Crippen LogP contribution in [0.1, 0.15) is 51.2 Å². The summed E-state index contributed by atoms with van der Waals surface area (Å²) in [5.74, 6) is 0.433. The van der Waals surface area contributed by atoms with Crippen LogP contribution in [0.25, 0.3) is 0 Å². The standard InChI is InChI=1S/C24H30Cl2N2O3/c1-5-12-27-24(30)17(4)28(14-18-10-11-20(25)21(26)13-18)23(29)15-31-22-9-7-6-8-19(22)16(2)3/h6-11,13,16-17H,5,12,14-15H2,1-4H3,(H,27,30)/t17-/m0/s1. The van der Waals surface area contributed by atoms with Gasteiger partial charge in [-0.3, -0.25) is 9.59 Å². The lowest BCUT2D eigenvalue weighted by atomic mass is 10.0. The molecule has 1 N–H and O–H groups in total. The number of nitrogens with one attached hydrogen (secondary N) is 1. The number of amides is 2. The van der Waals surface area contributed by atoms with Gasteiger partial charge in [0.1, 0.15) is 11.8 Å². The van der Waals surface area contributed by atoms with Crippen LogP contribution in [0.15, 0.2) is 42.5 Å². The molecule has 5 nitrogen and oxygen atoms in total. The van der Waals surface area contributed by atoms with E-state index in [4.69, 9.17) is 27.9 Å². The Bertz CT molecular complexity index is 902. The van der Waals surface area contributed by atoms with Crippen molar-refractivity contribution in [1.82, 2.24) is 10.2 Å². The third kappa shape index (κ3) is 7.15. The minimum Gasteiger partial charge on any atom is -0.483 e. The van der Waals surface area contributed by atoms with E-state index in [0.717, 1.165) is 17.5 Å². The minimum atomic E-state index is -0.669. The predicted octanol–water partition coefficient (Wildman–Crippen LogP) is 5.44. The van der Waals surface area contributed by atoms with E-state index in [2.05, 4.69) is 19.2 Å². The van der Waals surface area contributed by atoms with Crippen molar-refractivity contribution in [1.29, 1.82) is 0 Å². The lowest BCUT2D eigenvalue weighted by molar-refractivity contribution is -0.142. The maximum atomic E-state index is 13.1. The lowest BCUT2D eigenvalue weighted by Gasteiger charge is -2.29. The van der Waals surface area contributed by atoms with Crippen molar-refractivity contribution in [2.24, 2.45) is 0 Å². The third-order valence-electron chi connectivity index (χ3n) is 4.95. The van der Waals surface area contributed by atoms with Crippen LogP contribution in [0.4, 0.5) is 0 Å². The highest BCUT2D eigenvalue weighted by atomic mass is 35.5. The second-order valence-corrected chi connectivity index (χ2v) is 8.53. The van der Waals surface area contributed by atoms with Gasteiger partial charge in [-0.2, -0.15) is 0 Å². The number of carbonyl (C=O) groups excluding carboxylic acids is 2. The van der Waals surface area contributed by atoms with Gasteiger partial charge in [0.2, 0.25) is 5.91 Å². The number of hydrogen-bond acceptors (Lipinski definition) is 3. The van der Waals surface area contributed by atoms with Crippen LogP contribution in [-0.2, 0) is 16.1 Å². The summed E-state index contributed by atoms with van der Waals surface area (Å²) >= 11 is 12.1. The molecule has 0 bridgehead atoms. The Morgan fingerprint density at radius 1 is 1.06 bits per heavy atom. The number of halogens is 2. The number of benzene rings is 2. The third-order valence-corrected chi connectivity index (χ3v) is 5.68. The Morgan fingerprint density at radius 2 is 1.77 bits per heavy atom. The summed E-state index contributed by atoms with van der Waals surface area (Å²) in [5, 5.41) is 3.69. The first-order valence-corrected chi connectivity index (χ1v) is 11.2. The second-order valence-electron chi connectivity index (χ2n) is 7.72. The van der Waals surface area contributed by atoms with Crippen molar-refractivity contribution >= 4 is 35.0 Å². The van der Waals surface area contributed by atoms with Crippen LogP contribution in [-0.4, -0.2) is 35.9 Å². The molecule has 0 heterocycles. The minimum absolute atomic E-state index is 0.170. The highest BCUT2D eigenvalue weighted by Crippen LogP contribution is 2.26. The molecule has 1 atom stereocenters. The normalized spacial score (nSPS) is 11.8. The molecule has 0 unspecified atom stereocenters. The van der Waals surface area contributed by atoms with Crippen LogP contribution in [0.2, 0.25) is 10.0 Å². The van der Waals surface area contributed by atoms with Crippen LogP contribution >= 0.6 is 23.2 Å². The maximum Gasteiger partial charge on any atom is 0.261 e. The summed E-state index contributed by atoms with van der Waals surface area (Å²) in [7, 11) is 0. The van der Waals surface area contributed by atoms with E-state index in [-0.39, 0.29) is 30.9 Å². The van der Waals surface area contributed by atoms with E-state index in [1.807, 2.05) is 31.2 Å². The fraction of sp³-hybridized carbons (Fsp3) is 0.417. The van der Waals surface area contributed by atoms with Crippen LogP contribution in [0, 0.1) is 0 Å². The maximum absolute atomic E-state index is 13.1. The van der Waals surface area contributed by atoms with E-state index in [9.17, 15) is 9.59 Å². The Balaban J connectivity index is 2.20. The van der Waals surface area contributed by atoms with Crippen molar-refractivity contribution < 1.29 is 14.3 Å². The van der Waals surface area contributed by atoms with Gasteiger partial charge in [-0.05, 0) is 48.6 Å². The molecular weight excluding hydrogens is 435 g/mol. The van der Waals surface area contributed by atoms with Crippen molar-refractivity contribution in [2.75, 3.05) is 13.2 Å². The SMILES string of the molecule is CCCNC(=O)[C@H](C)N(Cc1ccc(Cl)c(Cl)c1)C(=O)COc1ccccc1C(C)C. The average molecular weight is 465 g/mol. The van der Waals surface area contributed by atoms with Crippen LogP contribution < -0.4 is 10.1 Å². The zero-order valence-corrected chi connectivity index (χ0v) is 20.0. The molecular formula is C24H30Cl2N2O3. The molecule has 0 aliphatic rings. The Labute approximate surface area is 194 Å². The smallest absolute Gasteiger partial charge is 0.261 e. The molecule has 31 heavy (non-hydrogen) atoms. The predicted molar refractivity (Wildman–Crippen MR) is 126 cm³/mol. The Morgan fingerprint density at radius 3 is 2.42 bits per heavy atom. The van der Waals surface area contributed by atoms with E-state index in [1.165, 1.54) is 4.90 Å². The van der Waals surface area contributed by atoms with Gasteiger partial charge >= 0.3 is 0 Å². The molecule has 0 aromatic heterocycles. The largest absolute Gasteiger partial charge is 0.483 e. The molecule has 2 amide bonds. The van der Waals surface area contributed by atoms with Gasteiger partial charge in [0.25, 0.3) is 5.91 Å². The number of para-hydroxylation sites is 1. The van der Waals surface area contributed by atoms with Crippen molar-refractivity contribution in [3.05, 3.63) is 63.6 Å². The average Bonchev–Trinajstić information content (AvgIpc) is 2.76. The van der Waals surface area contributed by atoms with Crippen LogP contribution in [0.3, 0.4) is 0 Å². The summed E-state index contributed by atoms with van der Waals surface area (Å²) in [5.41, 5.74) is 1.81. The van der Waals surface area contributed by atoms with Crippen LogP contribution in [0.5, 0.6) is 5.75 Å². The fourth-order valence-corrected chi connectivity index (χ4v) is 3.45. The molecule has 2 rings (SSSR count). The number of rotatable bonds is 10. The molecule has 2 aromatic rings. The van der Waals surface area contributed by atoms with E-state index < -0.39 is 6.04 Å². The van der Waals surface area contributed by atoms with E-state index in [1.54, 1.807) is 25.1 Å². The highest BCUT2D eigenvalue weighted by molar-refractivity contribution is 6.42. The molecule has 0 spiro atoms. The highest BCUT2D eigenvalue weighted by Gasteiger charge is 2.26. The van der Waals surface area contributed by atoms with E-state index in [0.29, 0.717) is 22.3 Å². The monoisotopic (exact) mass is 464 g/mol. The number of hydrogen-bond donors (Lipinski definition) is 1. The van der Waals surface area contributed by atoms with E-state index >= 15 is 0 Å². The van der Waals surface area contributed by atoms with Gasteiger partial charge in [0.05, 0.1) is 10.0 Å². The van der Waals surface area contributed by atoms with Gasteiger partial charge in [0.15, 0.2) is 6.61 Å². The molecule has 0 aliphatic carbocycles. The molecule has 0 saturated carbocycles. The molecule has 0 radical (unpaired) electrons. The van der Waals surface area contributed by atoms with Gasteiger partial charge in [0, 0.05) is 13.1 Å². The molecule has 0 fully saturated rings. The first-order valence-electron chi connectivity index (χ1n) is 10.5. The zero-order chi connectivity index (χ0) is 23.0. The van der Waals surface area contributed by atoms with Gasteiger partial charge in [-0.1, -0.05) is 68.2 Å². The number of carbonyl (C=O) groups is 2. The summed E-state index contributed by atoms with van der Waals surface area (Å²) in [4.78, 5) is 27.2. The topological polar surface area (TPSA) is 58.6 Å². The quantitative estimate of drug-likeness (QED) is 0.509. The Kier molecular flexibility index (Phi) is 9.66. The van der Waals surface area contributed by atoms with Crippen molar-refractivity contribution in [2.45, 2.75) is 52.6 Å². The summed E-state index contributed by atoms with van der Waals surface area (Å²) in [6, 6.07) is 12.2. The lowest BCUT2D eigenvalue weighted by Crippen LogP contribution is -2.49. The first-order chi connectivity index (χ1) is 14.7. The summed E-state index contributed by atoms with van der Waals surface area (Å²) < 4.78 is 5.86. The number of nitrogens with zero attached hydrogens (tertiary/aromatic N) is 1. The van der Waals surface area contributed by atoms with Gasteiger partial charge in [-0.25, -0.2) is 0 Å². The molecule has 0 saturated heterocycles. The van der Waals surface area contributed by atoms with Gasteiger partial charge < -0.3 is 15.0 Å². The number of ether oxygens (including phenoxy) is 1. The zero-order valence-electron chi connectivity index (χ0n) is 18.5. The summed E-state index contributed by atoms with van der Waals surface area (Å²) in [6.07, 6.45) is 0.814. The molecule has 2 aromatic carbocycles. The second kappa shape index (κ2) is 12.0. The molecule has 168 valence electrons. The van der Waals surface area contributed by atoms with Crippen molar-refractivity contribution in [3.8, 4) is 5.75 Å². The summed E-state index contributed by atoms with van der Waals surface area (Å²) in [6.45, 7) is 8.42. The molecule has 0 aliphatic heterocycles.